The molecule has 3 rings (SSSR count). The first-order chi connectivity index (χ1) is 11.1. The summed E-state index contributed by atoms with van der Waals surface area (Å²) < 4.78 is 41.1. The van der Waals surface area contributed by atoms with Gasteiger partial charge in [0, 0.05) is 6.04 Å². The van der Waals surface area contributed by atoms with Gasteiger partial charge in [0.1, 0.15) is 12.4 Å². The van der Waals surface area contributed by atoms with E-state index < -0.39 is 24.7 Å². The molecule has 1 heterocycles. The van der Waals surface area contributed by atoms with Crippen molar-refractivity contribution in [1.29, 1.82) is 0 Å². The second kappa shape index (κ2) is 6.44. The van der Waals surface area contributed by atoms with E-state index in [2.05, 4.69) is 10.4 Å². The molecule has 1 amide bonds. The molecular weight excluding hydrogens is 307 g/mol. The Kier molecular flexibility index (Phi) is 4.36. The number of carbonyl (C=O) groups is 1. The van der Waals surface area contributed by atoms with Crippen LogP contribution in [0.15, 0.2) is 30.3 Å². The van der Waals surface area contributed by atoms with Gasteiger partial charge < -0.3 is 5.32 Å². The Morgan fingerprint density at radius 1 is 1.30 bits per heavy atom. The fourth-order valence-electron chi connectivity index (χ4n) is 2.43. The lowest BCUT2D eigenvalue weighted by Crippen LogP contribution is -2.27. The monoisotopic (exact) mass is 323 g/mol. The molecule has 1 aliphatic rings. The van der Waals surface area contributed by atoms with Gasteiger partial charge in [0.15, 0.2) is 0 Å². The van der Waals surface area contributed by atoms with E-state index in [9.17, 15) is 18.0 Å². The minimum Gasteiger partial charge on any atom is -0.349 e. The van der Waals surface area contributed by atoms with Crippen LogP contribution in [0.1, 0.15) is 46.6 Å². The number of carbonyl (C=O) groups excluding carboxylic acids is 1. The summed E-state index contributed by atoms with van der Waals surface area (Å²) in [6.07, 6.45) is -1.30. The van der Waals surface area contributed by atoms with Crippen LogP contribution in [0.5, 0.6) is 0 Å². The zero-order valence-corrected chi connectivity index (χ0v) is 12.3. The fraction of sp³-hybridized carbons (Fsp3) is 0.375. The molecule has 0 radical (unpaired) electrons. The molecule has 0 atom stereocenters. The molecule has 0 spiro atoms. The third-order valence-corrected chi connectivity index (χ3v) is 3.73. The molecule has 0 aliphatic heterocycles. The Balaban J connectivity index is 1.97. The van der Waals surface area contributed by atoms with Crippen LogP contribution in [0.4, 0.5) is 13.2 Å². The highest BCUT2D eigenvalue weighted by Gasteiger charge is 2.32. The van der Waals surface area contributed by atoms with Gasteiger partial charge >= 0.3 is 0 Å². The lowest BCUT2D eigenvalue weighted by atomic mass is 10.1. The second-order valence-electron chi connectivity index (χ2n) is 5.53. The van der Waals surface area contributed by atoms with Crippen LogP contribution >= 0.6 is 0 Å². The molecule has 0 saturated heterocycles. The van der Waals surface area contributed by atoms with Crippen LogP contribution in [0.3, 0.4) is 0 Å². The van der Waals surface area contributed by atoms with Crippen molar-refractivity contribution in [1.82, 2.24) is 15.1 Å². The third-order valence-electron chi connectivity index (χ3n) is 3.73. The number of aromatic nitrogens is 2. The van der Waals surface area contributed by atoms with Gasteiger partial charge in [0.2, 0.25) is 0 Å². The minimum atomic E-state index is -2.93. The van der Waals surface area contributed by atoms with Crippen LogP contribution < -0.4 is 5.32 Å². The number of benzene rings is 1. The SMILES string of the molecule is O=C(NC1CC1)c1c(C(F)F)nn(Cc2ccccc2)c1CF. The Hall–Kier alpha value is -2.31. The van der Waals surface area contributed by atoms with Crippen molar-refractivity contribution in [2.75, 3.05) is 0 Å². The lowest BCUT2D eigenvalue weighted by molar-refractivity contribution is 0.0934. The average molecular weight is 323 g/mol. The summed E-state index contributed by atoms with van der Waals surface area (Å²) in [6.45, 7) is -0.892. The van der Waals surface area contributed by atoms with E-state index in [0.717, 1.165) is 23.1 Å². The normalized spacial score (nSPS) is 14.3. The quantitative estimate of drug-likeness (QED) is 0.887. The predicted octanol–water partition coefficient (Wildman–Crippen LogP) is 3.23. The number of alkyl halides is 3. The molecule has 0 bridgehead atoms. The van der Waals surface area contributed by atoms with Crippen LogP contribution in [0.25, 0.3) is 0 Å². The summed E-state index contributed by atoms with van der Waals surface area (Å²) in [5, 5.41) is 6.42. The number of nitrogens with one attached hydrogen (secondary N) is 1. The number of hydrogen-bond acceptors (Lipinski definition) is 2. The van der Waals surface area contributed by atoms with E-state index in [1.165, 1.54) is 0 Å². The summed E-state index contributed by atoms with van der Waals surface area (Å²) in [7, 11) is 0. The van der Waals surface area contributed by atoms with Crippen LogP contribution in [0.2, 0.25) is 0 Å². The van der Waals surface area contributed by atoms with E-state index >= 15 is 0 Å². The highest BCUT2D eigenvalue weighted by atomic mass is 19.3. The predicted molar refractivity (Wildman–Crippen MR) is 78.0 cm³/mol. The molecule has 7 heteroatoms. The van der Waals surface area contributed by atoms with E-state index in [-0.39, 0.29) is 23.8 Å². The van der Waals surface area contributed by atoms with E-state index in [4.69, 9.17) is 0 Å². The molecule has 1 aromatic heterocycles. The summed E-state index contributed by atoms with van der Waals surface area (Å²) in [4.78, 5) is 12.2. The maximum atomic E-state index is 13.5. The van der Waals surface area contributed by atoms with Crippen molar-refractivity contribution in [3.05, 3.63) is 52.8 Å². The van der Waals surface area contributed by atoms with E-state index in [1.807, 2.05) is 6.07 Å². The molecule has 23 heavy (non-hydrogen) atoms. The van der Waals surface area contributed by atoms with Gasteiger partial charge in [-0.1, -0.05) is 30.3 Å². The third kappa shape index (κ3) is 3.38. The van der Waals surface area contributed by atoms with E-state index in [0.29, 0.717) is 0 Å². The van der Waals surface area contributed by atoms with Crippen molar-refractivity contribution in [3.8, 4) is 0 Å². The number of hydrogen-bond donors (Lipinski definition) is 1. The van der Waals surface area contributed by atoms with Gasteiger partial charge in [-0.05, 0) is 18.4 Å². The minimum absolute atomic E-state index is 0.00189. The zero-order chi connectivity index (χ0) is 16.4. The molecular formula is C16H16F3N3O. The molecule has 122 valence electrons. The number of nitrogens with zero attached hydrogens (tertiary/aromatic N) is 2. The Labute approximate surface area is 131 Å². The van der Waals surface area contributed by atoms with Gasteiger partial charge in [-0.3, -0.25) is 9.48 Å². The van der Waals surface area contributed by atoms with Gasteiger partial charge in [-0.25, -0.2) is 13.2 Å². The van der Waals surface area contributed by atoms with Gasteiger partial charge in [-0.2, -0.15) is 5.10 Å². The largest absolute Gasteiger partial charge is 0.349 e. The van der Waals surface area contributed by atoms with Crippen LogP contribution in [-0.4, -0.2) is 21.7 Å². The summed E-state index contributed by atoms with van der Waals surface area (Å²) >= 11 is 0. The maximum Gasteiger partial charge on any atom is 0.282 e. The molecule has 1 fully saturated rings. The summed E-state index contributed by atoms with van der Waals surface area (Å²) in [5.74, 6) is -0.672. The van der Waals surface area contributed by atoms with Gasteiger partial charge in [0.05, 0.1) is 17.8 Å². The number of amides is 1. The lowest BCUT2D eigenvalue weighted by Gasteiger charge is -2.07. The Morgan fingerprint density at radius 2 is 2.00 bits per heavy atom. The van der Waals surface area contributed by atoms with Crippen molar-refractivity contribution < 1.29 is 18.0 Å². The van der Waals surface area contributed by atoms with Crippen molar-refractivity contribution in [2.45, 2.75) is 38.5 Å². The smallest absolute Gasteiger partial charge is 0.282 e. The first kappa shape index (κ1) is 15.6. The van der Waals surface area contributed by atoms with Crippen LogP contribution in [-0.2, 0) is 13.2 Å². The highest BCUT2D eigenvalue weighted by Crippen LogP contribution is 2.27. The molecule has 0 unspecified atom stereocenters. The number of halogens is 3. The molecule has 1 saturated carbocycles. The molecule has 1 N–H and O–H groups in total. The number of rotatable bonds is 6. The second-order valence-corrected chi connectivity index (χ2v) is 5.53. The van der Waals surface area contributed by atoms with Crippen LogP contribution in [0, 0.1) is 0 Å². The van der Waals surface area contributed by atoms with Crippen molar-refractivity contribution in [2.24, 2.45) is 0 Å². The fourth-order valence-corrected chi connectivity index (χ4v) is 2.43. The topological polar surface area (TPSA) is 46.9 Å². The average Bonchev–Trinajstić information content (AvgIpc) is 3.26. The highest BCUT2D eigenvalue weighted by molar-refractivity contribution is 5.97. The molecule has 4 nitrogen and oxygen atoms in total. The first-order valence-corrected chi connectivity index (χ1v) is 7.38. The zero-order valence-electron chi connectivity index (χ0n) is 12.3. The van der Waals surface area contributed by atoms with E-state index in [1.54, 1.807) is 24.3 Å². The molecule has 2 aromatic rings. The first-order valence-electron chi connectivity index (χ1n) is 7.38. The van der Waals surface area contributed by atoms with Gasteiger partial charge in [0.25, 0.3) is 12.3 Å². The van der Waals surface area contributed by atoms with Crippen molar-refractivity contribution >= 4 is 5.91 Å². The molecule has 1 aliphatic carbocycles. The summed E-state index contributed by atoms with van der Waals surface area (Å²) in [6, 6.07) is 8.98. The van der Waals surface area contributed by atoms with Gasteiger partial charge in [-0.15, -0.1) is 0 Å². The maximum absolute atomic E-state index is 13.5. The summed E-state index contributed by atoms with van der Waals surface area (Å²) in [5.41, 5.74) is -0.306. The Bertz CT molecular complexity index is 696. The standard InChI is InChI=1S/C16H16F3N3O/c17-8-12-13(16(23)20-11-6-7-11)14(15(18)19)21-22(12)9-10-4-2-1-3-5-10/h1-5,11,15H,6-9H2,(H,20,23). The Morgan fingerprint density at radius 3 is 2.57 bits per heavy atom. The van der Waals surface area contributed by atoms with Crippen molar-refractivity contribution in [3.63, 3.8) is 0 Å². The molecule has 1 aromatic carbocycles.